The van der Waals surface area contributed by atoms with Crippen molar-refractivity contribution in [2.24, 2.45) is 0 Å². The molecule has 19 heteroatoms. The number of methoxy groups -OCH3 is 3. The maximum Gasteiger partial charge on any atom is 1.00 e. The summed E-state index contributed by atoms with van der Waals surface area (Å²) in [5.74, 6) is 1.98. The van der Waals surface area contributed by atoms with Crippen LogP contribution in [-0.2, 0) is 0 Å². The van der Waals surface area contributed by atoms with Gasteiger partial charge in [0.2, 0.25) is 5.75 Å². The van der Waals surface area contributed by atoms with Crippen LogP contribution in [0.5, 0.6) is 17.2 Å². The summed E-state index contributed by atoms with van der Waals surface area (Å²) in [7, 11) is -13.2. The number of halogens is 12. The molecule has 0 aliphatic rings. The van der Waals surface area contributed by atoms with Crippen LogP contribution >= 0.6 is 0 Å². The van der Waals surface area contributed by atoms with Gasteiger partial charge in [-0.2, -0.15) is 0 Å². The fraction of sp³-hybridized carbons (Fsp3) is 0.333. The zero-order valence-electron chi connectivity index (χ0n) is 15.7. The summed E-state index contributed by atoms with van der Waals surface area (Å²) >= 11 is 0. The monoisotopic (exact) mass is 469 g/mol. The van der Waals surface area contributed by atoms with Gasteiger partial charge in [0, 0.05) is 0 Å². The van der Waals surface area contributed by atoms with E-state index >= 15 is 0 Å². The molecule has 1 rings (SSSR count). The van der Waals surface area contributed by atoms with E-state index in [0.29, 0.717) is 17.2 Å². The molecule has 0 fully saturated rings. The summed E-state index contributed by atoms with van der Waals surface area (Å²) in [5.41, 5.74) is 0. The first kappa shape index (κ1) is 35.1. The van der Waals surface area contributed by atoms with Crippen molar-refractivity contribution in [3.05, 3.63) is 18.2 Å². The van der Waals surface area contributed by atoms with Gasteiger partial charge in [-0.25, -0.2) is 0 Å². The summed E-state index contributed by atoms with van der Waals surface area (Å²) < 4.78 is 132. The minimum absolute atomic E-state index is 0. The maximum atomic E-state index is 9.75. The van der Waals surface area contributed by atoms with Gasteiger partial charge in [0.05, 0.1) is 21.3 Å². The van der Waals surface area contributed by atoms with E-state index in [1.807, 2.05) is 18.2 Å². The van der Waals surface area contributed by atoms with E-state index in [-0.39, 0.29) is 52.8 Å². The topological polar surface area (TPSA) is 27.7 Å². The molecule has 0 spiro atoms. The molecule has 3 nitrogen and oxygen atoms in total. The van der Waals surface area contributed by atoms with Crippen LogP contribution in [0.2, 0.25) is 0 Å². The van der Waals surface area contributed by atoms with Crippen molar-refractivity contribution in [2.45, 2.75) is 0 Å². The van der Waals surface area contributed by atoms with Gasteiger partial charge in [0.15, 0.2) is 11.5 Å². The third-order valence-corrected chi connectivity index (χ3v) is 1.59. The van der Waals surface area contributed by atoms with Crippen LogP contribution in [0.4, 0.5) is 51.8 Å². The predicted octanol–water partition coefficient (Wildman–Crippen LogP) is 2.73. The summed E-state index contributed by atoms with van der Waals surface area (Å²) in [4.78, 5) is 0. The third kappa shape index (κ3) is 40.3. The van der Waals surface area contributed by atoms with E-state index in [9.17, 15) is 51.8 Å². The smallest absolute Gasteiger partial charge is 1.00 e. The van der Waals surface area contributed by atoms with Gasteiger partial charge >= 0.3 is 73.1 Å². The first-order valence-electron chi connectivity index (χ1n) is 6.20. The fourth-order valence-corrected chi connectivity index (χ4v) is 1.02. The molecule has 0 N–H and O–H groups in total. The zero-order chi connectivity index (χ0) is 22.5. The van der Waals surface area contributed by atoms with Gasteiger partial charge in [-0.1, -0.05) is 6.07 Å². The predicted molar refractivity (Wildman–Crippen MR) is 77.8 cm³/mol. The number of hydrogen-bond donors (Lipinski definition) is 0. The zero-order valence-corrected chi connectivity index (χ0v) is 17.8. The average molecular weight is 469 g/mol. The summed E-state index contributed by atoms with van der Waals surface area (Å²) in [5, 5.41) is 0. The number of para-hydroxylation sites is 1. The van der Waals surface area contributed by atoms with E-state index in [1.165, 1.54) is 0 Å². The molecule has 0 heterocycles. The molecule has 0 saturated carbocycles. The Bertz CT molecular complexity index is 449. The van der Waals surface area contributed by atoms with Crippen molar-refractivity contribution in [3.63, 3.8) is 0 Å². The van der Waals surface area contributed by atoms with Crippen molar-refractivity contribution >= 4 is 21.8 Å². The Kier molecular flexibility index (Phi) is 20.6. The Morgan fingerprint density at radius 1 is 0.571 bits per heavy atom. The first-order chi connectivity index (χ1) is 11.8. The molecule has 0 aliphatic heterocycles. The molecule has 1 aromatic rings. The molecule has 0 unspecified atom stereocenters. The van der Waals surface area contributed by atoms with Crippen molar-refractivity contribution in [1.29, 1.82) is 0 Å². The summed E-state index contributed by atoms with van der Waals surface area (Å²) in [6, 6.07) is 5.49. The number of ether oxygens (including phenoxy) is 3. The second-order valence-corrected chi connectivity index (χ2v) is 3.68. The van der Waals surface area contributed by atoms with Crippen LogP contribution in [0.15, 0.2) is 18.2 Å². The molecule has 0 amide bonds. The van der Waals surface area contributed by atoms with Gasteiger partial charge in [-0.3, -0.25) is 0 Å². The fourth-order valence-electron chi connectivity index (χ4n) is 1.02. The van der Waals surface area contributed by atoms with E-state index in [0.717, 1.165) is 0 Å². The van der Waals surface area contributed by atoms with Gasteiger partial charge < -0.3 is 67.4 Å². The molecule has 0 atom stereocenters. The minimum Gasteiger partial charge on any atom is -1.00 e. The molecule has 1 aromatic carbocycles. The van der Waals surface area contributed by atoms with Crippen LogP contribution in [0, 0.1) is 0 Å². The Hall–Kier alpha value is -0.389. The standard InChI is InChI=1S/C9H12O3.3BF4.K.H/c1-10-7-5-4-6-8(11-2)9(7)12-3;3*2-1(3,4)5;;/h4-6H,1-3H3;;;;;/q;3*-1;+1;-1. The maximum absolute atomic E-state index is 9.75. The van der Waals surface area contributed by atoms with Crippen LogP contribution in [0.25, 0.3) is 0 Å². The van der Waals surface area contributed by atoms with Gasteiger partial charge in [-0.05, 0) is 12.1 Å². The Morgan fingerprint density at radius 2 is 0.786 bits per heavy atom. The second-order valence-electron chi connectivity index (χ2n) is 3.68. The quantitative estimate of drug-likeness (QED) is 0.504. The molecule has 28 heavy (non-hydrogen) atoms. The second kappa shape index (κ2) is 16.4. The van der Waals surface area contributed by atoms with Gasteiger partial charge in [0.25, 0.3) is 0 Å². The summed E-state index contributed by atoms with van der Waals surface area (Å²) in [6.45, 7) is 0. The van der Waals surface area contributed by atoms with Crippen LogP contribution < -0.4 is 65.6 Å². The Labute approximate surface area is 196 Å². The first-order valence-corrected chi connectivity index (χ1v) is 6.20. The third-order valence-electron chi connectivity index (χ3n) is 1.59. The molecule has 0 aliphatic carbocycles. The van der Waals surface area contributed by atoms with Crippen LogP contribution in [-0.4, -0.2) is 43.1 Å². The molecular formula is C9H13B3F12KO3-3. The minimum atomic E-state index is -6.00. The van der Waals surface area contributed by atoms with E-state index in [2.05, 4.69) is 0 Å². The molecule has 0 bridgehead atoms. The summed E-state index contributed by atoms with van der Waals surface area (Å²) in [6.07, 6.45) is 0. The van der Waals surface area contributed by atoms with E-state index in [4.69, 9.17) is 14.2 Å². The SMILES string of the molecule is COc1cccc(OC)c1OC.F[B-](F)(F)F.F[B-](F)(F)F.F[B-](F)(F)F.[H-].[K+]. The Morgan fingerprint density at radius 3 is 0.929 bits per heavy atom. The molecule has 0 saturated heterocycles. The number of rotatable bonds is 3. The van der Waals surface area contributed by atoms with Crippen LogP contribution in [0.1, 0.15) is 1.43 Å². The van der Waals surface area contributed by atoms with E-state index in [1.54, 1.807) is 21.3 Å². The molecule has 164 valence electrons. The number of hydrogen-bond acceptors (Lipinski definition) is 3. The average Bonchev–Trinajstić information content (AvgIpc) is 2.40. The van der Waals surface area contributed by atoms with Crippen molar-refractivity contribution in [1.82, 2.24) is 0 Å². The van der Waals surface area contributed by atoms with Crippen LogP contribution in [0.3, 0.4) is 0 Å². The van der Waals surface area contributed by atoms with Crippen molar-refractivity contribution < 1.29 is 119 Å². The number of benzene rings is 1. The molecule has 0 aromatic heterocycles. The van der Waals surface area contributed by atoms with Crippen molar-refractivity contribution in [2.75, 3.05) is 21.3 Å². The molecule has 0 radical (unpaired) electrons. The van der Waals surface area contributed by atoms with Gasteiger partial charge in [0.1, 0.15) is 0 Å². The normalized spacial score (nSPS) is 10.4. The van der Waals surface area contributed by atoms with Gasteiger partial charge in [-0.15, -0.1) is 0 Å². The van der Waals surface area contributed by atoms with E-state index < -0.39 is 21.8 Å². The Balaban J connectivity index is -0.0000000965. The largest absolute Gasteiger partial charge is 1.00 e. The van der Waals surface area contributed by atoms with Crippen molar-refractivity contribution in [3.8, 4) is 17.2 Å². The molecular weight excluding hydrogens is 456 g/mol.